The maximum Gasteiger partial charge on any atom is 0.321 e. The third-order valence-electron chi connectivity index (χ3n) is 6.17. The van der Waals surface area contributed by atoms with Crippen molar-refractivity contribution < 1.29 is 9.59 Å². The maximum atomic E-state index is 13.4. The van der Waals surface area contributed by atoms with Crippen LogP contribution in [0, 0.1) is 12.8 Å². The van der Waals surface area contributed by atoms with Crippen LogP contribution in [0.15, 0.2) is 54.6 Å². The number of amides is 3. The molecule has 1 N–H and O–H groups in total. The minimum absolute atomic E-state index is 0.116. The van der Waals surface area contributed by atoms with Gasteiger partial charge in [0, 0.05) is 25.3 Å². The van der Waals surface area contributed by atoms with Gasteiger partial charge >= 0.3 is 6.03 Å². The van der Waals surface area contributed by atoms with Gasteiger partial charge in [-0.2, -0.15) is 0 Å². The zero-order chi connectivity index (χ0) is 20.2. The Morgan fingerprint density at radius 1 is 0.931 bits per heavy atom. The van der Waals surface area contributed by atoms with Gasteiger partial charge in [0.25, 0.3) is 0 Å². The van der Waals surface area contributed by atoms with Gasteiger partial charge in [0.15, 0.2) is 0 Å². The van der Waals surface area contributed by atoms with Crippen LogP contribution in [0.4, 0.5) is 10.5 Å². The highest BCUT2D eigenvalue weighted by Gasteiger charge is 2.37. The van der Waals surface area contributed by atoms with Crippen molar-refractivity contribution in [1.82, 2.24) is 9.80 Å². The van der Waals surface area contributed by atoms with E-state index < -0.39 is 0 Å². The lowest BCUT2D eigenvalue weighted by molar-refractivity contribution is -0.137. The van der Waals surface area contributed by atoms with Gasteiger partial charge in [-0.05, 0) is 55.9 Å². The number of hydrogen-bond donors (Lipinski definition) is 1. The summed E-state index contributed by atoms with van der Waals surface area (Å²) in [5.41, 5.74) is 3.28. The quantitative estimate of drug-likeness (QED) is 0.831. The molecule has 2 atom stereocenters. The second kappa shape index (κ2) is 8.68. The fourth-order valence-electron chi connectivity index (χ4n) is 4.64. The lowest BCUT2D eigenvalue weighted by Gasteiger charge is -2.36. The van der Waals surface area contributed by atoms with Crippen LogP contribution in [0.25, 0.3) is 0 Å². The largest absolute Gasteiger partial charge is 0.335 e. The number of rotatable bonds is 3. The van der Waals surface area contributed by atoms with Crippen LogP contribution in [0.5, 0.6) is 0 Å². The van der Waals surface area contributed by atoms with Crippen LogP contribution in [0.3, 0.4) is 0 Å². The third-order valence-corrected chi connectivity index (χ3v) is 6.17. The predicted octanol–water partition coefficient (Wildman–Crippen LogP) is 4.60. The number of piperidine rings is 1. The molecule has 0 spiro atoms. The molecule has 2 aliphatic heterocycles. The van der Waals surface area contributed by atoms with Crippen LogP contribution in [-0.2, 0) is 4.79 Å². The average Bonchev–Trinajstić information content (AvgIpc) is 3.24. The van der Waals surface area contributed by atoms with E-state index in [1.807, 2.05) is 36.4 Å². The molecule has 0 saturated carbocycles. The predicted molar refractivity (Wildman–Crippen MR) is 115 cm³/mol. The molecule has 0 radical (unpaired) electrons. The first-order valence-electron chi connectivity index (χ1n) is 10.6. The SMILES string of the molecule is Cc1ccccc1C1CCCN1C(=O)C1CCCN(C(=O)Nc2ccccc2)C1. The molecule has 0 bridgehead atoms. The minimum Gasteiger partial charge on any atom is -0.335 e. The monoisotopic (exact) mass is 391 g/mol. The van der Waals surface area contributed by atoms with E-state index in [0.29, 0.717) is 13.1 Å². The molecule has 4 rings (SSSR count). The lowest BCUT2D eigenvalue weighted by atomic mass is 9.94. The zero-order valence-electron chi connectivity index (χ0n) is 17.0. The number of urea groups is 1. The van der Waals surface area contributed by atoms with E-state index in [2.05, 4.69) is 35.3 Å². The zero-order valence-corrected chi connectivity index (χ0v) is 17.0. The van der Waals surface area contributed by atoms with Crippen molar-refractivity contribution in [3.8, 4) is 0 Å². The van der Waals surface area contributed by atoms with Crippen LogP contribution in [-0.4, -0.2) is 41.4 Å². The molecule has 0 aliphatic carbocycles. The molecule has 152 valence electrons. The fourth-order valence-corrected chi connectivity index (χ4v) is 4.64. The second-order valence-electron chi connectivity index (χ2n) is 8.13. The molecule has 5 heteroatoms. The summed E-state index contributed by atoms with van der Waals surface area (Å²) in [5, 5.41) is 2.94. The van der Waals surface area contributed by atoms with E-state index in [-0.39, 0.29) is 23.9 Å². The molecule has 3 amide bonds. The second-order valence-corrected chi connectivity index (χ2v) is 8.13. The van der Waals surface area contributed by atoms with E-state index in [0.717, 1.165) is 37.9 Å². The topological polar surface area (TPSA) is 52.7 Å². The summed E-state index contributed by atoms with van der Waals surface area (Å²) < 4.78 is 0. The number of carbonyl (C=O) groups is 2. The Balaban J connectivity index is 1.43. The molecule has 2 heterocycles. The van der Waals surface area contributed by atoms with Crippen molar-refractivity contribution in [2.24, 2.45) is 5.92 Å². The Morgan fingerprint density at radius 2 is 1.66 bits per heavy atom. The lowest BCUT2D eigenvalue weighted by Crippen LogP contribution is -2.47. The molecule has 2 aromatic carbocycles. The number of anilines is 1. The first-order chi connectivity index (χ1) is 14.1. The first-order valence-corrected chi connectivity index (χ1v) is 10.6. The Hall–Kier alpha value is -2.82. The van der Waals surface area contributed by atoms with Gasteiger partial charge in [-0.15, -0.1) is 0 Å². The van der Waals surface area contributed by atoms with Crippen LogP contribution in [0.1, 0.15) is 42.9 Å². The molecule has 29 heavy (non-hydrogen) atoms. The molecule has 0 aromatic heterocycles. The van der Waals surface area contributed by atoms with Gasteiger partial charge in [-0.25, -0.2) is 4.79 Å². The number of nitrogens with zero attached hydrogens (tertiary/aromatic N) is 2. The Labute approximate surface area is 172 Å². The van der Waals surface area contributed by atoms with Gasteiger partial charge < -0.3 is 15.1 Å². The van der Waals surface area contributed by atoms with E-state index in [4.69, 9.17) is 0 Å². The Kier molecular flexibility index (Phi) is 5.84. The van der Waals surface area contributed by atoms with Crippen LogP contribution >= 0.6 is 0 Å². The highest BCUT2D eigenvalue weighted by molar-refractivity contribution is 5.90. The first kappa shape index (κ1) is 19.5. The molecular weight excluding hydrogens is 362 g/mol. The van der Waals surface area contributed by atoms with Gasteiger partial charge in [0.05, 0.1) is 12.0 Å². The summed E-state index contributed by atoms with van der Waals surface area (Å²) in [6, 6.07) is 17.9. The third kappa shape index (κ3) is 4.29. The summed E-state index contributed by atoms with van der Waals surface area (Å²) in [5.74, 6) is 0.0860. The van der Waals surface area contributed by atoms with E-state index in [1.165, 1.54) is 11.1 Å². The number of benzene rings is 2. The standard InChI is InChI=1S/C24H29N3O2/c1-18-9-5-6-13-21(18)22-14-8-16-27(22)23(28)19-10-7-15-26(17-19)24(29)25-20-11-3-2-4-12-20/h2-6,9,11-13,19,22H,7-8,10,14-17H2,1H3,(H,25,29). The molecule has 2 aromatic rings. The number of nitrogens with one attached hydrogen (secondary N) is 1. The van der Waals surface area contributed by atoms with Crippen LogP contribution in [0.2, 0.25) is 0 Å². The van der Waals surface area contributed by atoms with Crippen LogP contribution < -0.4 is 5.32 Å². The smallest absolute Gasteiger partial charge is 0.321 e. The number of hydrogen-bond acceptors (Lipinski definition) is 2. The highest BCUT2D eigenvalue weighted by Crippen LogP contribution is 2.35. The van der Waals surface area contributed by atoms with Crippen molar-refractivity contribution in [3.63, 3.8) is 0 Å². The van der Waals surface area contributed by atoms with E-state index in [1.54, 1.807) is 4.90 Å². The van der Waals surface area contributed by atoms with Crippen molar-refractivity contribution in [2.75, 3.05) is 25.0 Å². The molecule has 2 unspecified atom stereocenters. The van der Waals surface area contributed by atoms with Crippen molar-refractivity contribution >= 4 is 17.6 Å². The molecule has 2 aliphatic rings. The summed E-state index contributed by atoms with van der Waals surface area (Å²) in [6.45, 7) is 4.12. The normalized spacial score (nSPS) is 21.8. The number of aryl methyl sites for hydroxylation is 1. The molecular formula is C24H29N3O2. The van der Waals surface area contributed by atoms with E-state index >= 15 is 0 Å². The highest BCUT2D eigenvalue weighted by atomic mass is 16.2. The number of likely N-dealkylation sites (tertiary alicyclic amines) is 2. The summed E-state index contributed by atoms with van der Waals surface area (Å²) in [4.78, 5) is 29.9. The molecule has 5 nitrogen and oxygen atoms in total. The van der Waals surface area contributed by atoms with Gasteiger partial charge in [0.1, 0.15) is 0 Å². The van der Waals surface area contributed by atoms with Crippen molar-refractivity contribution in [3.05, 3.63) is 65.7 Å². The number of para-hydroxylation sites is 1. The summed E-state index contributed by atoms with van der Waals surface area (Å²) >= 11 is 0. The maximum absolute atomic E-state index is 13.4. The Bertz CT molecular complexity index is 867. The summed E-state index contributed by atoms with van der Waals surface area (Å²) in [7, 11) is 0. The van der Waals surface area contributed by atoms with Crippen molar-refractivity contribution in [1.29, 1.82) is 0 Å². The minimum atomic E-state index is -0.120. The molecule has 2 fully saturated rings. The van der Waals surface area contributed by atoms with Gasteiger partial charge in [-0.1, -0.05) is 42.5 Å². The fraction of sp³-hybridized carbons (Fsp3) is 0.417. The summed E-state index contributed by atoms with van der Waals surface area (Å²) in [6.07, 6.45) is 3.77. The average molecular weight is 392 g/mol. The van der Waals surface area contributed by atoms with Gasteiger partial charge in [0.2, 0.25) is 5.91 Å². The van der Waals surface area contributed by atoms with Crippen molar-refractivity contribution in [2.45, 2.75) is 38.6 Å². The Morgan fingerprint density at radius 3 is 2.45 bits per heavy atom. The number of carbonyl (C=O) groups excluding carboxylic acids is 2. The van der Waals surface area contributed by atoms with E-state index in [9.17, 15) is 9.59 Å². The van der Waals surface area contributed by atoms with Gasteiger partial charge in [-0.3, -0.25) is 4.79 Å². The molecule has 2 saturated heterocycles.